The van der Waals surface area contributed by atoms with Crippen molar-refractivity contribution >= 4 is 10.9 Å². The Labute approximate surface area is 88.5 Å². The summed E-state index contributed by atoms with van der Waals surface area (Å²) in [6.45, 7) is 2.00. The van der Waals surface area contributed by atoms with Gasteiger partial charge in [0.05, 0.1) is 18.2 Å². The van der Waals surface area contributed by atoms with Gasteiger partial charge in [0.15, 0.2) is 0 Å². The molecule has 0 saturated carbocycles. The van der Waals surface area contributed by atoms with Crippen LogP contribution < -0.4 is 4.74 Å². The summed E-state index contributed by atoms with van der Waals surface area (Å²) in [5.74, 6) is 0.814. The minimum absolute atomic E-state index is 0.689. The highest BCUT2D eigenvalue weighted by atomic mass is 16.5. The van der Waals surface area contributed by atoms with Gasteiger partial charge in [0.25, 0.3) is 0 Å². The summed E-state index contributed by atoms with van der Waals surface area (Å²) >= 11 is 0. The lowest BCUT2D eigenvalue weighted by atomic mass is 10.1. The molecule has 0 unspecified atom stereocenters. The van der Waals surface area contributed by atoms with E-state index in [2.05, 4.69) is 6.07 Å². The second-order valence-electron chi connectivity index (χ2n) is 3.63. The molecule has 0 spiro atoms. The molecule has 1 aromatic heterocycles. The molecule has 1 heterocycles. The van der Waals surface area contributed by atoms with Crippen LogP contribution >= 0.6 is 0 Å². The molecule has 0 aliphatic carbocycles. The van der Waals surface area contributed by atoms with E-state index >= 15 is 0 Å². The minimum Gasteiger partial charge on any atom is -0.495 e. The summed E-state index contributed by atoms with van der Waals surface area (Å²) in [5.41, 5.74) is 2.76. The van der Waals surface area contributed by atoms with E-state index in [0.717, 1.165) is 22.2 Å². The van der Waals surface area contributed by atoms with Crippen LogP contribution in [0.25, 0.3) is 10.9 Å². The van der Waals surface area contributed by atoms with Crippen molar-refractivity contribution in [2.24, 2.45) is 7.05 Å². The molecule has 0 aliphatic rings. The molecule has 0 radical (unpaired) electrons. The predicted molar refractivity (Wildman–Crippen MR) is 58.9 cm³/mol. The van der Waals surface area contributed by atoms with Crippen LogP contribution in [-0.2, 0) is 7.05 Å². The number of hydrogen-bond donors (Lipinski definition) is 0. The molecular formula is C12H12N2O. The lowest BCUT2D eigenvalue weighted by Crippen LogP contribution is -1.90. The third-order valence-corrected chi connectivity index (χ3v) is 2.53. The van der Waals surface area contributed by atoms with E-state index in [0.29, 0.717) is 5.56 Å². The van der Waals surface area contributed by atoms with Crippen LogP contribution in [0, 0.1) is 18.3 Å². The summed E-state index contributed by atoms with van der Waals surface area (Å²) in [6, 6.07) is 6.18. The topological polar surface area (TPSA) is 37.9 Å². The van der Waals surface area contributed by atoms with Gasteiger partial charge >= 0.3 is 0 Å². The molecule has 0 fully saturated rings. The zero-order valence-electron chi connectivity index (χ0n) is 9.03. The molecule has 3 nitrogen and oxygen atoms in total. The van der Waals surface area contributed by atoms with Crippen molar-refractivity contribution < 1.29 is 4.74 Å². The second-order valence-corrected chi connectivity index (χ2v) is 3.63. The van der Waals surface area contributed by atoms with Gasteiger partial charge < -0.3 is 9.30 Å². The van der Waals surface area contributed by atoms with E-state index < -0.39 is 0 Å². The van der Waals surface area contributed by atoms with Crippen molar-refractivity contribution in [3.63, 3.8) is 0 Å². The Hall–Kier alpha value is -1.95. The number of nitriles is 1. The molecule has 2 aromatic rings. The second kappa shape index (κ2) is 3.32. The SMILES string of the molecule is COc1cc(C)cc2c(C#N)cn(C)c12. The fourth-order valence-corrected chi connectivity index (χ4v) is 1.89. The summed E-state index contributed by atoms with van der Waals surface area (Å²) in [4.78, 5) is 0. The summed E-state index contributed by atoms with van der Waals surface area (Å²) in [6.07, 6.45) is 1.83. The normalized spacial score (nSPS) is 10.3. The Morgan fingerprint density at radius 1 is 1.40 bits per heavy atom. The summed E-state index contributed by atoms with van der Waals surface area (Å²) < 4.78 is 7.24. The fraction of sp³-hybridized carbons (Fsp3) is 0.250. The van der Waals surface area contributed by atoms with E-state index in [9.17, 15) is 0 Å². The van der Waals surface area contributed by atoms with Gasteiger partial charge in [-0.1, -0.05) is 0 Å². The van der Waals surface area contributed by atoms with E-state index in [4.69, 9.17) is 10.00 Å². The smallest absolute Gasteiger partial charge is 0.143 e. The molecule has 0 N–H and O–H groups in total. The first-order chi connectivity index (χ1) is 7.17. The van der Waals surface area contributed by atoms with Crippen molar-refractivity contribution in [3.8, 4) is 11.8 Å². The molecular weight excluding hydrogens is 188 g/mol. The monoisotopic (exact) mass is 200 g/mol. The summed E-state index contributed by atoms with van der Waals surface area (Å²) in [7, 11) is 3.56. The first-order valence-electron chi connectivity index (χ1n) is 4.71. The van der Waals surface area contributed by atoms with E-state index in [-0.39, 0.29) is 0 Å². The molecule has 76 valence electrons. The molecule has 0 amide bonds. The number of methoxy groups -OCH3 is 1. The van der Waals surface area contributed by atoms with Gasteiger partial charge in [-0.05, 0) is 24.6 Å². The van der Waals surface area contributed by atoms with E-state index in [1.807, 2.05) is 36.9 Å². The third kappa shape index (κ3) is 1.35. The van der Waals surface area contributed by atoms with Crippen LogP contribution in [0.5, 0.6) is 5.75 Å². The van der Waals surface area contributed by atoms with Gasteiger partial charge in [-0.3, -0.25) is 0 Å². The molecule has 1 aromatic carbocycles. The van der Waals surface area contributed by atoms with Crippen LogP contribution in [-0.4, -0.2) is 11.7 Å². The average molecular weight is 200 g/mol. The number of ether oxygens (including phenoxy) is 1. The van der Waals surface area contributed by atoms with Gasteiger partial charge in [-0.15, -0.1) is 0 Å². The maximum absolute atomic E-state index is 9.00. The van der Waals surface area contributed by atoms with Gasteiger partial charge in [-0.2, -0.15) is 5.26 Å². The highest BCUT2D eigenvalue weighted by Gasteiger charge is 2.11. The molecule has 0 aliphatic heterocycles. The zero-order valence-corrected chi connectivity index (χ0v) is 9.03. The van der Waals surface area contributed by atoms with Crippen molar-refractivity contribution in [2.75, 3.05) is 7.11 Å². The number of hydrogen-bond acceptors (Lipinski definition) is 2. The molecule has 0 saturated heterocycles. The van der Waals surface area contributed by atoms with Gasteiger partial charge in [0.1, 0.15) is 11.8 Å². The first kappa shape index (κ1) is 9.60. The predicted octanol–water partition coefficient (Wildman–Crippen LogP) is 2.37. The van der Waals surface area contributed by atoms with Crippen molar-refractivity contribution in [3.05, 3.63) is 29.5 Å². The van der Waals surface area contributed by atoms with Crippen molar-refractivity contribution in [1.82, 2.24) is 4.57 Å². The Kier molecular flexibility index (Phi) is 2.12. The number of benzene rings is 1. The molecule has 0 atom stereocenters. The van der Waals surface area contributed by atoms with Gasteiger partial charge in [-0.25, -0.2) is 0 Å². The average Bonchev–Trinajstić information content (AvgIpc) is 2.54. The van der Waals surface area contributed by atoms with Crippen LogP contribution in [0.2, 0.25) is 0 Å². The Balaban J connectivity index is 2.93. The largest absolute Gasteiger partial charge is 0.495 e. The summed E-state index contributed by atoms with van der Waals surface area (Å²) in [5, 5.41) is 9.95. The highest BCUT2D eigenvalue weighted by Crippen LogP contribution is 2.30. The number of aromatic nitrogens is 1. The first-order valence-corrected chi connectivity index (χ1v) is 4.71. The number of nitrogens with zero attached hydrogens (tertiary/aromatic N) is 2. The van der Waals surface area contributed by atoms with Crippen LogP contribution in [0.1, 0.15) is 11.1 Å². The lowest BCUT2D eigenvalue weighted by Gasteiger charge is -2.05. The highest BCUT2D eigenvalue weighted by molar-refractivity contribution is 5.91. The number of aryl methyl sites for hydroxylation is 2. The van der Waals surface area contributed by atoms with Crippen LogP contribution in [0.4, 0.5) is 0 Å². The molecule has 2 rings (SSSR count). The van der Waals surface area contributed by atoms with E-state index in [1.54, 1.807) is 7.11 Å². The zero-order chi connectivity index (χ0) is 11.0. The lowest BCUT2D eigenvalue weighted by molar-refractivity contribution is 0.417. The minimum atomic E-state index is 0.689. The third-order valence-electron chi connectivity index (χ3n) is 2.53. The Bertz CT molecular complexity index is 561. The van der Waals surface area contributed by atoms with Gasteiger partial charge in [0.2, 0.25) is 0 Å². The van der Waals surface area contributed by atoms with E-state index in [1.165, 1.54) is 0 Å². The fourth-order valence-electron chi connectivity index (χ4n) is 1.89. The molecule has 0 bridgehead atoms. The molecule has 3 heteroatoms. The van der Waals surface area contributed by atoms with Crippen LogP contribution in [0.15, 0.2) is 18.3 Å². The standard InChI is InChI=1S/C12H12N2O/c1-8-4-10-9(6-13)7-14(2)12(10)11(5-8)15-3/h4-5,7H,1-3H3. The Morgan fingerprint density at radius 2 is 2.13 bits per heavy atom. The number of rotatable bonds is 1. The maximum atomic E-state index is 9.00. The molecule has 15 heavy (non-hydrogen) atoms. The quantitative estimate of drug-likeness (QED) is 0.708. The Morgan fingerprint density at radius 3 is 2.73 bits per heavy atom. The number of fused-ring (bicyclic) bond motifs is 1. The van der Waals surface area contributed by atoms with Crippen LogP contribution in [0.3, 0.4) is 0 Å². The van der Waals surface area contributed by atoms with Gasteiger partial charge in [0, 0.05) is 18.6 Å². The van der Waals surface area contributed by atoms with Crippen molar-refractivity contribution in [1.29, 1.82) is 5.26 Å². The van der Waals surface area contributed by atoms with Crippen molar-refractivity contribution in [2.45, 2.75) is 6.92 Å². The maximum Gasteiger partial charge on any atom is 0.143 e.